The van der Waals surface area contributed by atoms with E-state index in [0.717, 1.165) is 17.7 Å². The standard InChI is InChI=1S/C21H24ClN3O2/c1-24(2)18-6-3-5-16(13-18)21(27)25-12-4-7-19(25)20(26)23-14-15-8-10-17(22)11-9-15/h3,5-6,8-11,13,19H,4,7,12,14H2,1-2H3,(H,23,26). The van der Waals surface area contributed by atoms with Crippen LogP contribution in [0.2, 0.25) is 5.02 Å². The van der Waals surface area contributed by atoms with Gasteiger partial charge in [0, 0.05) is 43.5 Å². The molecule has 27 heavy (non-hydrogen) atoms. The van der Waals surface area contributed by atoms with Crippen molar-refractivity contribution in [2.45, 2.75) is 25.4 Å². The highest BCUT2D eigenvalue weighted by Gasteiger charge is 2.34. The summed E-state index contributed by atoms with van der Waals surface area (Å²) in [5.74, 6) is -0.206. The summed E-state index contributed by atoms with van der Waals surface area (Å²) in [5, 5.41) is 3.61. The van der Waals surface area contributed by atoms with Crippen molar-refractivity contribution in [3.8, 4) is 0 Å². The van der Waals surface area contributed by atoms with E-state index in [1.165, 1.54) is 0 Å². The molecule has 1 aliphatic rings. The number of amides is 2. The Morgan fingerprint density at radius 2 is 1.93 bits per heavy atom. The van der Waals surface area contributed by atoms with Gasteiger partial charge in [0.05, 0.1) is 0 Å². The molecule has 6 heteroatoms. The largest absolute Gasteiger partial charge is 0.378 e. The van der Waals surface area contributed by atoms with Crippen LogP contribution in [0.1, 0.15) is 28.8 Å². The van der Waals surface area contributed by atoms with E-state index in [1.54, 1.807) is 23.1 Å². The third kappa shape index (κ3) is 4.61. The Labute approximate surface area is 164 Å². The van der Waals surface area contributed by atoms with Crippen LogP contribution in [-0.2, 0) is 11.3 Å². The Balaban J connectivity index is 1.67. The van der Waals surface area contributed by atoms with Crippen molar-refractivity contribution in [2.75, 3.05) is 25.5 Å². The number of nitrogens with one attached hydrogen (secondary N) is 1. The summed E-state index contributed by atoms with van der Waals surface area (Å²) in [4.78, 5) is 29.3. The molecule has 0 aliphatic carbocycles. The molecule has 0 radical (unpaired) electrons. The second kappa shape index (κ2) is 8.44. The highest BCUT2D eigenvalue weighted by Crippen LogP contribution is 2.22. The number of hydrogen-bond acceptors (Lipinski definition) is 3. The molecule has 1 fully saturated rings. The van der Waals surface area contributed by atoms with Gasteiger partial charge < -0.3 is 15.1 Å². The fraction of sp³-hybridized carbons (Fsp3) is 0.333. The predicted molar refractivity (Wildman–Crippen MR) is 108 cm³/mol. The van der Waals surface area contributed by atoms with Gasteiger partial charge in [-0.25, -0.2) is 0 Å². The second-order valence-corrected chi connectivity index (χ2v) is 7.38. The molecule has 1 aliphatic heterocycles. The number of halogens is 1. The van der Waals surface area contributed by atoms with Crippen LogP contribution in [0.3, 0.4) is 0 Å². The van der Waals surface area contributed by atoms with Gasteiger partial charge in [0.1, 0.15) is 6.04 Å². The molecule has 1 unspecified atom stereocenters. The molecule has 0 saturated carbocycles. The average Bonchev–Trinajstić information content (AvgIpc) is 3.16. The molecular weight excluding hydrogens is 362 g/mol. The normalized spacial score (nSPS) is 16.3. The molecule has 1 atom stereocenters. The van der Waals surface area contributed by atoms with Crippen molar-refractivity contribution in [3.05, 3.63) is 64.7 Å². The minimum atomic E-state index is -0.423. The zero-order valence-corrected chi connectivity index (χ0v) is 16.4. The van der Waals surface area contributed by atoms with Gasteiger partial charge in [0.2, 0.25) is 5.91 Å². The third-order valence-electron chi connectivity index (χ3n) is 4.81. The maximum Gasteiger partial charge on any atom is 0.254 e. The first-order valence-electron chi connectivity index (χ1n) is 9.06. The lowest BCUT2D eigenvalue weighted by atomic mass is 10.1. The Morgan fingerprint density at radius 1 is 1.19 bits per heavy atom. The van der Waals surface area contributed by atoms with E-state index in [-0.39, 0.29) is 11.8 Å². The summed E-state index contributed by atoms with van der Waals surface area (Å²) in [6.07, 6.45) is 1.52. The van der Waals surface area contributed by atoms with Crippen LogP contribution < -0.4 is 10.2 Å². The third-order valence-corrected chi connectivity index (χ3v) is 5.06. The molecule has 1 N–H and O–H groups in total. The highest BCUT2D eigenvalue weighted by atomic mass is 35.5. The molecule has 1 heterocycles. The van der Waals surface area contributed by atoms with Crippen molar-refractivity contribution >= 4 is 29.1 Å². The van der Waals surface area contributed by atoms with E-state index in [4.69, 9.17) is 11.6 Å². The summed E-state index contributed by atoms with van der Waals surface area (Å²) in [6.45, 7) is 1.02. The lowest BCUT2D eigenvalue weighted by Crippen LogP contribution is -2.45. The van der Waals surface area contributed by atoms with E-state index in [2.05, 4.69) is 5.32 Å². The maximum atomic E-state index is 13.0. The van der Waals surface area contributed by atoms with Gasteiger partial charge in [-0.15, -0.1) is 0 Å². The van der Waals surface area contributed by atoms with Crippen LogP contribution in [0.4, 0.5) is 5.69 Å². The van der Waals surface area contributed by atoms with Crippen LogP contribution in [0.15, 0.2) is 48.5 Å². The summed E-state index contributed by atoms with van der Waals surface area (Å²) in [7, 11) is 3.87. The van der Waals surface area contributed by atoms with Gasteiger partial charge in [0.15, 0.2) is 0 Å². The van der Waals surface area contributed by atoms with E-state index < -0.39 is 6.04 Å². The van der Waals surface area contributed by atoms with Gasteiger partial charge in [-0.05, 0) is 48.7 Å². The van der Waals surface area contributed by atoms with Gasteiger partial charge >= 0.3 is 0 Å². The molecule has 2 amide bonds. The van der Waals surface area contributed by atoms with E-state index in [1.807, 2.05) is 49.3 Å². The topological polar surface area (TPSA) is 52.7 Å². The fourth-order valence-electron chi connectivity index (χ4n) is 3.27. The number of anilines is 1. The first-order valence-corrected chi connectivity index (χ1v) is 9.44. The maximum absolute atomic E-state index is 13.0. The van der Waals surface area contributed by atoms with E-state index in [9.17, 15) is 9.59 Å². The summed E-state index contributed by atoms with van der Waals surface area (Å²) < 4.78 is 0. The lowest BCUT2D eigenvalue weighted by Gasteiger charge is -2.24. The monoisotopic (exact) mass is 385 g/mol. The summed E-state index contributed by atoms with van der Waals surface area (Å²) in [5.41, 5.74) is 2.55. The number of rotatable bonds is 5. The van der Waals surface area contributed by atoms with Crippen LogP contribution in [-0.4, -0.2) is 43.4 Å². The minimum Gasteiger partial charge on any atom is -0.378 e. The van der Waals surface area contributed by atoms with Gasteiger partial charge in [-0.2, -0.15) is 0 Å². The SMILES string of the molecule is CN(C)c1cccc(C(=O)N2CCCC2C(=O)NCc2ccc(Cl)cc2)c1. The van der Waals surface area contributed by atoms with Crippen molar-refractivity contribution in [1.82, 2.24) is 10.2 Å². The number of nitrogens with zero attached hydrogens (tertiary/aromatic N) is 2. The summed E-state index contributed by atoms with van der Waals surface area (Å²) >= 11 is 5.89. The number of carbonyl (C=O) groups excluding carboxylic acids is 2. The van der Waals surface area contributed by atoms with E-state index >= 15 is 0 Å². The average molecular weight is 386 g/mol. The minimum absolute atomic E-state index is 0.0946. The Morgan fingerprint density at radius 3 is 2.63 bits per heavy atom. The number of benzene rings is 2. The molecule has 0 bridgehead atoms. The molecule has 1 saturated heterocycles. The Kier molecular flexibility index (Phi) is 6.01. The first-order chi connectivity index (χ1) is 13.0. The molecule has 2 aromatic carbocycles. The number of carbonyl (C=O) groups is 2. The highest BCUT2D eigenvalue weighted by molar-refractivity contribution is 6.30. The smallest absolute Gasteiger partial charge is 0.254 e. The van der Waals surface area contributed by atoms with Crippen LogP contribution in [0, 0.1) is 0 Å². The van der Waals surface area contributed by atoms with Gasteiger partial charge in [-0.1, -0.05) is 29.8 Å². The zero-order chi connectivity index (χ0) is 19.4. The molecule has 142 valence electrons. The number of likely N-dealkylation sites (tertiary alicyclic amines) is 1. The fourth-order valence-corrected chi connectivity index (χ4v) is 3.40. The molecule has 0 spiro atoms. The lowest BCUT2D eigenvalue weighted by molar-refractivity contribution is -0.125. The van der Waals surface area contributed by atoms with Gasteiger partial charge in [0.25, 0.3) is 5.91 Å². The molecular formula is C21H24ClN3O2. The van der Waals surface area contributed by atoms with Crippen LogP contribution >= 0.6 is 11.6 Å². The van der Waals surface area contributed by atoms with Gasteiger partial charge in [-0.3, -0.25) is 9.59 Å². The zero-order valence-electron chi connectivity index (χ0n) is 15.6. The molecule has 2 aromatic rings. The van der Waals surface area contributed by atoms with Crippen molar-refractivity contribution in [2.24, 2.45) is 0 Å². The Hall–Kier alpha value is -2.53. The quantitative estimate of drug-likeness (QED) is 0.858. The molecule has 5 nitrogen and oxygen atoms in total. The van der Waals surface area contributed by atoms with E-state index in [0.29, 0.717) is 30.1 Å². The van der Waals surface area contributed by atoms with Crippen LogP contribution in [0.25, 0.3) is 0 Å². The molecule has 0 aromatic heterocycles. The summed E-state index contributed by atoms with van der Waals surface area (Å²) in [6, 6.07) is 14.4. The predicted octanol–water partition coefficient (Wildman–Crippen LogP) is 3.33. The molecule has 3 rings (SSSR count). The van der Waals surface area contributed by atoms with Crippen molar-refractivity contribution in [1.29, 1.82) is 0 Å². The Bertz CT molecular complexity index is 820. The van der Waals surface area contributed by atoms with Crippen molar-refractivity contribution in [3.63, 3.8) is 0 Å². The number of hydrogen-bond donors (Lipinski definition) is 1. The first kappa shape index (κ1) is 19.2. The van der Waals surface area contributed by atoms with Crippen LogP contribution in [0.5, 0.6) is 0 Å². The van der Waals surface area contributed by atoms with Crippen molar-refractivity contribution < 1.29 is 9.59 Å². The second-order valence-electron chi connectivity index (χ2n) is 6.95.